The number of halogens is 4. The molecule has 0 saturated carbocycles. The Bertz CT molecular complexity index is 531. The molecule has 9 heteroatoms. The van der Waals surface area contributed by atoms with E-state index in [-0.39, 0.29) is 23.7 Å². The molecule has 1 aliphatic heterocycles. The summed E-state index contributed by atoms with van der Waals surface area (Å²) in [6.45, 7) is 0.110. The molecule has 2 heterocycles. The van der Waals surface area contributed by atoms with Gasteiger partial charge in [0.15, 0.2) is 0 Å². The average molecular weight is 324 g/mol. The number of hydrogen-bond donors (Lipinski definition) is 1. The summed E-state index contributed by atoms with van der Waals surface area (Å²) in [7, 11) is 0. The maximum absolute atomic E-state index is 12.3. The first-order valence-corrected chi connectivity index (χ1v) is 6.57. The molecule has 1 aliphatic rings. The molecule has 1 N–H and O–H groups in total. The summed E-state index contributed by atoms with van der Waals surface area (Å²) in [6.07, 6.45) is -2.89. The molecule has 0 aromatic carbocycles. The van der Waals surface area contributed by atoms with Crippen molar-refractivity contribution >= 4 is 23.4 Å². The van der Waals surface area contributed by atoms with Crippen LogP contribution in [-0.4, -0.2) is 59.9 Å². The van der Waals surface area contributed by atoms with Crippen molar-refractivity contribution in [2.75, 3.05) is 37.6 Å². The largest absolute Gasteiger partial charge is 0.478 e. The Morgan fingerprint density at radius 2 is 1.95 bits per heavy atom. The number of nitrogens with zero attached hydrogens (tertiary/aromatic N) is 3. The Hall–Kier alpha value is -1.54. The second-order valence-corrected chi connectivity index (χ2v) is 5.06. The summed E-state index contributed by atoms with van der Waals surface area (Å²) in [5.41, 5.74) is -0.0700. The first-order valence-electron chi connectivity index (χ1n) is 6.20. The third-order valence-electron chi connectivity index (χ3n) is 3.18. The Labute approximate surface area is 123 Å². The molecule has 0 spiro atoms. The highest BCUT2D eigenvalue weighted by molar-refractivity contribution is 6.35. The van der Waals surface area contributed by atoms with E-state index in [4.69, 9.17) is 16.7 Å². The minimum atomic E-state index is -4.22. The number of pyridine rings is 1. The molecule has 1 aromatic rings. The van der Waals surface area contributed by atoms with Crippen LogP contribution < -0.4 is 4.90 Å². The maximum Gasteiger partial charge on any atom is 0.401 e. The quantitative estimate of drug-likeness (QED) is 0.923. The molecule has 2 rings (SSSR count). The minimum Gasteiger partial charge on any atom is -0.478 e. The van der Waals surface area contributed by atoms with Gasteiger partial charge in [0.25, 0.3) is 0 Å². The number of piperazine rings is 1. The van der Waals surface area contributed by atoms with Crippen LogP contribution in [0, 0.1) is 0 Å². The number of carboxylic acids is 1. The van der Waals surface area contributed by atoms with Crippen molar-refractivity contribution in [3.8, 4) is 0 Å². The lowest BCUT2D eigenvalue weighted by Gasteiger charge is -2.36. The van der Waals surface area contributed by atoms with E-state index in [1.807, 2.05) is 0 Å². The van der Waals surface area contributed by atoms with Gasteiger partial charge in [-0.15, -0.1) is 0 Å². The van der Waals surface area contributed by atoms with Crippen LogP contribution in [0.1, 0.15) is 10.4 Å². The van der Waals surface area contributed by atoms with Crippen LogP contribution in [0.5, 0.6) is 0 Å². The zero-order valence-electron chi connectivity index (χ0n) is 10.9. The van der Waals surface area contributed by atoms with E-state index in [9.17, 15) is 18.0 Å². The fraction of sp³-hybridized carbons (Fsp3) is 0.500. The Balaban J connectivity index is 2.06. The second-order valence-electron chi connectivity index (χ2n) is 4.68. The van der Waals surface area contributed by atoms with Gasteiger partial charge in [-0.2, -0.15) is 13.2 Å². The lowest BCUT2D eigenvalue weighted by molar-refractivity contribution is -0.146. The Morgan fingerprint density at radius 1 is 1.33 bits per heavy atom. The van der Waals surface area contributed by atoms with E-state index < -0.39 is 18.7 Å². The van der Waals surface area contributed by atoms with Crippen LogP contribution in [0.25, 0.3) is 0 Å². The van der Waals surface area contributed by atoms with Crippen molar-refractivity contribution < 1.29 is 23.1 Å². The number of hydrogen-bond acceptors (Lipinski definition) is 4. The predicted octanol–water partition coefficient (Wildman–Crippen LogP) is 2.12. The van der Waals surface area contributed by atoms with Crippen molar-refractivity contribution in [3.63, 3.8) is 0 Å². The van der Waals surface area contributed by atoms with E-state index in [1.165, 1.54) is 17.2 Å². The van der Waals surface area contributed by atoms with Gasteiger partial charge >= 0.3 is 12.1 Å². The van der Waals surface area contributed by atoms with Crippen LogP contribution >= 0.6 is 11.6 Å². The molecule has 0 unspecified atom stereocenters. The van der Waals surface area contributed by atoms with Crippen LogP contribution in [0.2, 0.25) is 5.02 Å². The normalized spacial score (nSPS) is 17.0. The van der Waals surface area contributed by atoms with E-state index >= 15 is 0 Å². The van der Waals surface area contributed by atoms with Gasteiger partial charge in [-0.25, -0.2) is 9.78 Å². The molecule has 0 aliphatic carbocycles. The van der Waals surface area contributed by atoms with Crippen LogP contribution in [0.3, 0.4) is 0 Å². The molecule has 0 amide bonds. The first kappa shape index (κ1) is 15.8. The lowest BCUT2D eigenvalue weighted by atomic mass is 10.2. The molecule has 21 heavy (non-hydrogen) atoms. The number of rotatable bonds is 3. The van der Waals surface area contributed by atoms with E-state index in [0.29, 0.717) is 18.9 Å². The van der Waals surface area contributed by atoms with E-state index in [1.54, 1.807) is 4.90 Å². The zero-order chi connectivity index (χ0) is 15.6. The molecule has 1 saturated heterocycles. The molecule has 1 fully saturated rings. The number of carboxylic acid groups (broad SMARTS) is 1. The standard InChI is InChI=1S/C12H13ClF3N3O2/c13-9-8(11(20)21)1-2-17-10(9)19-5-3-18(4-6-19)7-12(14,15)16/h1-2H,3-7H2,(H,20,21). The molecule has 116 valence electrons. The van der Waals surface area contributed by atoms with Gasteiger partial charge in [-0.3, -0.25) is 4.90 Å². The number of alkyl halides is 3. The van der Waals surface area contributed by atoms with Crippen LogP contribution in [-0.2, 0) is 0 Å². The van der Waals surface area contributed by atoms with Gasteiger partial charge in [0, 0.05) is 32.4 Å². The van der Waals surface area contributed by atoms with Crippen molar-refractivity contribution in [1.82, 2.24) is 9.88 Å². The van der Waals surface area contributed by atoms with Crippen molar-refractivity contribution in [1.29, 1.82) is 0 Å². The van der Waals surface area contributed by atoms with Gasteiger partial charge in [-0.1, -0.05) is 11.6 Å². The highest BCUT2D eigenvalue weighted by atomic mass is 35.5. The smallest absolute Gasteiger partial charge is 0.401 e. The number of carbonyl (C=O) groups is 1. The summed E-state index contributed by atoms with van der Waals surface area (Å²) >= 11 is 6.00. The monoisotopic (exact) mass is 323 g/mol. The molecule has 0 radical (unpaired) electrons. The van der Waals surface area contributed by atoms with Gasteiger partial charge in [0.05, 0.1) is 17.1 Å². The molecule has 1 aromatic heterocycles. The highest BCUT2D eigenvalue weighted by Gasteiger charge is 2.32. The SMILES string of the molecule is O=C(O)c1ccnc(N2CCN(CC(F)(F)F)CC2)c1Cl. The summed E-state index contributed by atoms with van der Waals surface area (Å²) in [5.74, 6) is -0.873. The van der Waals surface area contributed by atoms with Gasteiger partial charge < -0.3 is 10.0 Å². The summed E-state index contributed by atoms with van der Waals surface area (Å²) in [4.78, 5) is 18.0. The maximum atomic E-state index is 12.3. The third kappa shape index (κ3) is 3.98. The second kappa shape index (κ2) is 6.07. The minimum absolute atomic E-state index is 0.00858. The molecular formula is C12H13ClF3N3O2. The fourth-order valence-corrected chi connectivity index (χ4v) is 2.50. The summed E-state index contributed by atoms with van der Waals surface area (Å²) < 4.78 is 36.9. The lowest BCUT2D eigenvalue weighted by Crippen LogP contribution is -2.49. The average Bonchev–Trinajstić information content (AvgIpc) is 2.38. The van der Waals surface area contributed by atoms with E-state index in [2.05, 4.69) is 4.98 Å². The molecule has 0 atom stereocenters. The number of aromatic carboxylic acids is 1. The summed E-state index contributed by atoms with van der Waals surface area (Å²) in [6, 6.07) is 1.29. The van der Waals surface area contributed by atoms with Crippen molar-refractivity contribution in [2.45, 2.75) is 6.18 Å². The number of aromatic nitrogens is 1. The van der Waals surface area contributed by atoms with Gasteiger partial charge in [0.2, 0.25) is 0 Å². The third-order valence-corrected chi connectivity index (χ3v) is 3.55. The first-order chi connectivity index (χ1) is 9.78. The Kier molecular flexibility index (Phi) is 4.58. The van der Waals surface area contributed by atoms with Gasteiger partial charge in [0.1, 0.15) is 5.82 Å². The Morgan fingerprint density at radius 3 is 2.48 bits per heavy atom. The summed E-state index contributed by atoms with van der Waals surface area (Å²) in [5, 5.41) is 9.00. The van der Waals surface area contributed by atoms with Gasteiger partial charge in [-0.05, 0) is 6.07 Å². The molecule has 0 bridgehead atoms. The van der Waals surface area contributed by atoms with Crippen LogP contribution in [0.4, 0.5) is 19.0 Å². The molecule has 5 nitrogen and oxygen atoms in total. The van der Waals surface area contributed by atoms with E-state index in [0.717, 1.165) is 0 Å². The predicted molar refractivity (Wildman–Crippen MR) is 70.9 cm³/mol. The topological polar surface area (TPSA) is 56.7 Å². The van der Waals surface area contributed by atoms with Crippen LogP contribution in [0.15, 0.2) is 12.3 Å². The van der Waals surface area contributed by atoms with Crippen molar-refractivity contribution in [3.05, 3.63) is 22.8 Å². The highest BCUT2D eigenvalue weighted by Crippen LogP contribution is 2.28. The van der Waals surface area contributed by atoms with Crippen molar-refractivity contribution in [2.24, 2.45) is 0 Å². The zero-order valence-corrected chi connectivity index (χ0v) is 11.7. The number of anilines is 1. The fourth-order valence-electron chi connectivity index (χ4n) is 2.19. The molecular weight excluding hydrogens is 311 g/mol.